The van der Waals surface area contributed by atoms with Crippen molar-refractivity contribution in [1.29, 1.82) is 0 Å². The van der Waals surface area contributed by atoms with Crippen molar-refractivity contribution in [3.63, 3.8) is 0 Å². The molecule has 29 heavy (non-hydrogen) atoms. The van der Waals surface area contributed by atoms with E-state index in [1.54, 1.807) is 36.4 Å². The highest BCUT2D eigenvalue weighted by molar-refractivity contribution is 7.17. The van der Waals surface area contributed by atoms with E-state index in [2.05, 4.69) is 10.6 Å². The SMILES string of the molecule is O=C(NCC(O)CNc1ccc(N2CC(F)(F)CCC2=O)cc1)c1ccc(Cl)s1. The maximum absolute atomic E-state index is 13.6. The third kappa shape index (κ3) is 5.88. The lowest BCUT2D eigenvalue weighted by molar-refractivity contribution is -0.125. The second-order valence-electron chi connectivity index (χ2n) is 6.73. The summed E-state index contributed by atoms with van der Waals surface area (Å²) in [5, 5.41) is 15.6. The first-order valence-corrected chi connectivity index (χ1v) is 10.2. The number of benzene rings is 1. The number of hydrogen-bond acceptors (Lipinski definition) is 5. The zero-order chi connectivity index (χ0) is 21.0. The molecule has 0 radical (unpaired) electrons. The van der Waals surface area contributed by atoms with E-state index in [1.165, 1.54) is 0 Å². The molecule has 6 nitrogen and oxygen atoms in total. The number of alkyl halides is 2. The van der Waals surface area contributed by atoms with Gasteiger partial charge in [0.15, 0.2) is 0 Å². The fourth-order valence-electron chi connectivity index (χ4n) is 2.86. The van der Waals surface area contributed by atoms with Crippen molar-refractivity contribution in [2.24, 2.45) is 0 Å². The lowest BCUT2D eigenvalue weighted by Gasteiger charge is -2.32. The van der Waals surface area contributed by atoms with Gasteiger partial charge in [0, 0.05) is 37.3 Å². The summed E-state index contributed by atoms with van der Waals surface area (Å²) in [4.78, 5) is 25.4. The quantitative estimate of drug-likeness (QED) is 0.613. The minimum Gasteiger partial charge on any atom is -0.389 e. The molecule has 3 rings (SSSR count). The van der Waals surface area contributed by atoms with Crippen LogP contribution in [0.15, 0.2) is 36.4 Å². The largest absolute Gasteiger partial charge is 0.389 e. The van der Waals surface area contributed by atoms with Gasteiger partial charge in [-0.15, -0.1) is 11.3 Å². The Hall–Kier alpha value is -2.23. The van der Waals surface area contributed by atoms with Gasteiger partial charge in [-0.25, -0.2) is 8.78 Å². The standard InChI is InChI=1S/C19H20ClF2N3O3S/c20-16-6-5-15(29-16)18(28)24-10-14(26)9-23-12-1-3-13(4-2-12)25-11-19(21,22)8-7-17(25)27/h1-6,14,23,26H,7-11H2,(H,24,28). The van der Waals surface area contributed by atoms with E-state index in [9.17, 15) is 23.5 Å². The number of carbonyl (C=O) groups is 2. The van der Waals surface area contributed by atoms with E-state index in [1.807, 2.05) is 0 Å². The summed E-state index contributed by atoms with van der Waals surface area (Å²) >= 11 is 6.94. The Morgan fingerprint density at radius 1 is 1.24 bits per heavy atom. The van der Waals surface area contributed by atoms with Crippen LogP contribution in [0.4, 0.5) is 20.2 Å². The first-order valence-electron chi connectivity index (χ1n) is 8.97. The van der Waals surface area contributed by atoms with Crippen LogP contribution in [0.3, 0.4) is 0 Å². The topological polar surface area (TPSA) is 81.7 Å². The molecule has 1 aromatic heterocycles. The van der Waals surface area contributed by atoms with E-state index < -0.39 is 25.0 Å². The van der Waals surface area contributed by atoms with Crippen molar-refractivity contribution in [2.45, 2.75) is 24.9 Å². The van der Waals surface area contributed by atoms with Crippen LogP contribution in [0.2, 0.25) is 4.34 Å². The molecule has 0 saturated carbocycles. The Labute approximate surface area is 175 Å². The molecule has 0 spiro atoms. The van der Waals surface area contributed by atoms with Crippen molar-refractivity contribution < 1.29 is 23.5 Å². The van der Waals surface area contributed by atoms with Crippen LogP contribution in [0.5, 0.6) is 0 Å². The molecule has 10 heteroatoms. The Morgan fingerprint density at radius 2 is 1.97 bits per heavy atom. The highest BCUT2D eigenvalue weighted by Gasteiger charge is 2.39. The summed E-state index contributed by atoms with van der Waals surface area (Å²) in [6, 6.07) is 9.69. The molecule has 1 atom stereocenters. The molecule has 1 unspecified atom stereocenters. The summed E-state index contributed by atoms with van der Waals surface area (Å²) in [7, 11) is 0. The number of piperidine rings is 1. The van der Waals surface area contributed by atoms with Crippen molar-refractivity contribution in [3.8, 4) is 0 Å². The molecule has 1 fully saturated rings. The van der Waals surface area contributed by atoms with Gasteiger partial charge in [0.2, 0.25) is 5.91 Å². The summed E-state index contributed by atoms with van der Waals surface area (Å²) in [6.45, 7) is -0.394. The van der Waals surface area contributed by atoms with Crippen LogP contribution in [0.1, 0.15) is 22.5 Å². The fraction of sp³-hybridized carbons (Fsp3) is 0.368. The Balaban J connectivity index is 1.47. The zero-order valence-electron chi connectivity index (χ0n) is 15.3. The summed E-state index contributed by atoms with van der Waals surface area (Å²) in [6.07, 6.45) is -1.44. The van der Waals surface area contributed by atoms with Gasteiger partial charge < -0.3 is 20.6 Å². The van der Waals surface area contributed by atoms with Gasteiger partial charge in [0.25, 0.3) is 11.8 Å². The van der Waals surface area contributed by atoms with Crippen LogP contribution < -0.4 is 15.5 Å². The molecule has 1 saturated heterocycles. The molecule has 2 heterocycles. The van der Waals surface area contributed by atoms with Crippen LogP contribution >= 0.6 is 22.9 Å². The van der Waals surface area contributed by atoms with Crippen LogP contribution in [0.25, 0.3) is 0 Å². The highest BCUT2D eigenvalue weighted by atomic mass is 35.5. The van der Waals surface area contributed by atoms with E-state index >= 15 is 0 Å². The normalized spacial score (nSPS) is 17.1. The fourth-order valence-corrected chi connectivity index (χ4v) is 3.82. The zero-order valence-corrected chi connectivity index (χ0v) is 16.9. The van der Waals surface area contributed by atoms with E-state index in [-0.39, 0.29) is 31.3 Å². The lowest BCUT2D eigenvalue weighted by Crippen LogP contribution is -2.46. The third-order valence-electron chi connectivity index (χ3n) is 4.41. The Kier molecular flexibility index (Phi) is 6.71. The number of rotatable bonds is 7. The molecule has 0 bridgehead atoms. The van der Waals surface area contributed by atoms with Crippen LogP contribution in [-0.4, -0.2) is 48.6 Å². The monoisotopic (exact) mass is 443 g/mol. The van der Waals surface area contributed by atoms with E-state index in [4.69, 9.17) is 11.6 Å². The molecule has 1 aromatic carbocycles. The second-order valence-corrected chi connectivity index (χ2v) is 8.45. The molecule has 0 aliphatic carbocycles. The number of hydrogen-bond donors (Lipinski definition) is 3. The number of aliphatic hydroxyl groups excluding tert-OH is 1. The molecule has 1 aliphatic rings. The maximum Gasteiger partial charge on any atom is 0.266 e. The predicted molar refractivity (Wildman–Crippen MR) is 109 cm³/mol. The highest BCUT2D eigenvalue weighted by Crippen LogP contribution is 2.31. The summed E-state index contributed by atoms with van der Waals surface area (Å²) in [5.74, 6) is -3.52. The molecular weight excluding hydrogens is 424 g/mol. The van der Waals surface area contributed by atoms with Gasteiger partial charge in [-0.2, -0.15) is 0 Å². The average molecular weight is 444 g/mol. The minimum absolute atomic E-state index is 0.0524. The lowest BCUT2D eigenvalue weighted by atomic mass is 10.1. The molecule has 3 N–H and O–H groups in total. The molecule has 2 amide bonds. The van der Waals surface area contributed by atoms with E-state index in [0.717, 1.165) is 16.2 Å². The number of carbonyl (C=O) groups excluding carboxylic acids is 2. The molecule has 2 aromatic rings. The third-order valence-corrected chi connectivity index (χ3v) is 5.64. The smallest absolute Gasteiger partial charge is 0.266 e. The van der Waals surface area contributed by atoms with Gasteiger partial charge in [-0.3, -0.25) is 9.59 Å². The van der Waals surface area contributed by atoms with Crippen LogP contribution in [0, 0.1) is 0 Å². The number of aliphatic hydroxyl groups is 1. The minimum atomic E-state index is -2.88. The van der Waals surface area contributed by atoms with Gasteiger partial charge in [-0.1, -0.05) is 11.6 Å². The summed E-state index contributed by atoms with van der Waals surface area (Å²) in [5.41, 5.74) is 1.06. The van der Waals surface area contributed by atoms with Crippen molar-refractivity contribution in [3.05, 3.63) is 45.6 Å². The second kappa shape index (κ2) is 9.06. The van der Waals surface area contributed by atoms with E-state index in [0.29, 0.717) is 20.6 Å². The number of anilines is 2. The first kappa shape index (κ1) is 21.5. The predicted octanol–water partition coefficient (Wildman–Crippen LogP) is 3.37. The number of halogens is 3. The summed E-state index contributed by atoms with van der Waals surface area (Å²) < 4.78 is 27.7. The first-order chi connectivity index (χ1) is 13.7. The van der Waals surface area contributed by atoms with Crippen molar-refractivity contribution in [1.82, 2.24) is 5.32 Å². The van der Waals surface area contributed by atoms with Gasteiger partial charge in [0.1, 0.15) is 0 Å². The van der Waals surface area contributed by atoms with Crippen molar-refractivity contribution >= 4 is 46.1 Å². The van der Waals surface area contributed by atoms with Crippen LogP contribution in [-0.2, 0) is 4.79 Å². The van der Waals surface area contributed by atoms with Gasteiger partial charge in [-0.05, 0) is 36.4 Å². The Bertz CT molecular complexity index is 876. The van der Waals surface area contributed by atoms with Gasteiger partial charge >= 0.3 is 0 Å². The molecule has 156 valence electrons. The number of amides is 2. The molecular formula is C19H20ClF2N3O3S. The molecule has 1 aliphatic heterocycles. The Morgan fingerprint density at radius 3 is 2.62 bits per heavy atom. The van der Waals surface area contributed by atoms with Gasteiger partial charge in [0.05, 0.1) is 21.9 Å². The number of nitrogens with zero attached hydrogens (tertiary/aromatic N) is 1. The number of thiophene rings is 1. The average Bonchev–Trinajstić information content (AvgIpc) is 3.13. The number of nitrogens with one attached hydrogen (secondary N) is 2. The maximum atomic E-state index is 13.6. The van der Waals surface area contributed by atoms with Crippen molar-refractivity contribution in [2.75, 3.05) is 29.9 Å².